The zero-order valence-corrected chi connectivity index (χ0v) is 9.35. The number of halogens is 3. The highest BCUT2D eigenvalue weighted by atomic mass is 19.3. The molecule has 1 rings (SSSR count). The minimum absolute atomic E-state index is 0.125. The molecule has 0 bridgehead atoms. The topological polar surface area (TPSA) is 17.1 Å². The lowest BCUT2D eigenvalue weighted by molar-refractivity contribution is 0.0137. The van der Waals surface area contributed by atoms with Gasteiger partial charge in [-0.2, -0.15) is 0 Å². The van der Waals surface area contributed by atoms with E-state index < -0.39 is 17.3 Å². The Bertz CT molecular complexity index is 405. The van der Waals surface area contributed by atoms with E-state index in [4.69, 9.17) is 0 Å². The van der Waals surface area contributed by atoms with Crippen LogP contribution in [0.5, 0.6) is 0 Å². The van der Waals surface area contributed by atoms with E-state index >= 15 is 0 Å². The van der Waals surface area contributed by atoms with Crippen molar-refractivity contribution in [1.29, 1.82) is 0 Å². The maximum atomic E-state index is 13.3. The van der Waals surface area contributed by atoms with Crippen molar-refractivity contribution in [3.8, 4) is 0 Å². The molecule has 0 spiro atoms. The van der Waals surface area contributed by atoms with Crippen LogP contribution in [0.25, 0.3) is 0 Å². The maximum Gasteiger partial charge on any atom is 0.273 e. The number of carbonyl (C=O) groups is 1. The molecule has 0 aliphatic heterocycles. The summed E-state index contributed by atoms with van der Waals surface area (Å²) in [5.41, 5.74) is -0.562. The van der Waals surface area contributed by atoms with Crippen LogP contribution in [-0.2, 0) is 5.92 Å². The van der Waals surface area contributed by atoms with Crippen LogP contribution < -0.4 is 0 Å². The Balaban J connectivity index is 3.15. The second kappa shape index (κ2) is 4.28. The third kappa shape index (κ3) is 2.62. The third-order valence-corrected chi connectivity index (χ3v) is 2.25. The summed E-state index contributed by atoms with van der Waals surface area (Å²) in [7, 11) is 0. The van der Waals surface area contributed by atoms with E-state index in [-0.39, 0.29) is 17.3 Å². The first-order valence-corrected chi connectivity index (χ1v) is 4.95. The molecule has 0 atom stereocenters. The molecule has 0 aromatic heterocycles. The van der Waals surface area contributed by atoms with E-state index in [0.717, 1.165) is 12.1 Å². The van der Waals surface area contributed by atoms with Gasteiger partial charge >= 0.3 is 0 Å². The van der Waals surface area contributed by atoms with Gasteiger partial charge < -0.3 is 0 Å². The van der Waals surface area contributed by atoms with Gasteiger partial charge in [-0.1, -0.05) is 19.9 Å². The van der Waals surface area contributed by atoms with Gasteiger partial charge in [0, 0.05) is 18.4 Å². The average molecular weight is 230 g/mol. The maximum absolute atomic E-state index is 13.3. The summed E-state index contributed by atoms with van der Waals surface area (Å²) in [6.07, 6.45) is 0. The minimum Gasteiger partial charge on any atom is -0.294 e. The third-order valence-electron chi connectivity index (χ3n) is 2.25. The lowest BCUT2D eigenvalue weighted by Gasteiger charge is -2.12. The van der Waals surface area contributed by atoms with Crippen molar-refractivity contribution >= 4 is 5.78 Å². The van der Waals surface area contributed by atoms with Crippen LogP contribution in [-0.4, -0.2) is 5.78 Å². The van der Waals surface area contributed by atoms with E-state index in [1.165, 1.54) is 6.07 Å². The minimum atomic E-state index is -3.23. The first kappa shape index (κ1) is 12.7. The number of hydrogen-bond donors (Lipinski definition) is 0. The Morgan fingerprint density at radius 3 is 2.25 bits per heavy atom. The van der Waals surface area contributed by atoms with Crippen molar-refractivity contribution in [2.45, 2.75) is 26.7 Å². The molecule has 0 saturated carbocycles. The summed E-state index contributed by atoms with van der Waals surface area (Å²) in [5.74, 6) is -4.82. The molecule has 0 aliphatic rings. The van der Waals surface area contributed by atoms with Crippen LogP contribution in [0.15, 0.2) is 18.2 Å². The molecular weight excluding hydrogens is 217 g/mol. The highest BCUT2D eigenvalue weighted by Gasteiger charge is 2.28. The Labute approximate surface area is 92.3 Å². The van der Waals surface area contributed by atoms with Crippen molar-refractivity contribution in [3.63, 3.8) is 0 Å². The van der Waals surface area contributed by atoms with Crippen molar-refractivity contribution in [3.05, 3.63) is 35.1 Å². The number of ketones is 1. The standard InChI is InChI=1S/C12H13F3O/c1-7(2)11(16)8-4-5-9(10(13)6-8)12(3,14)15/h4-7H,1-3H3. The van der Waals surface area contributed by atoms with Crippen LogP contribution in [0.2, 0.25) is 0 Å². The van der Waals surface area contributed by atoms with Crippen LogP contribution in [0, 0.1) is 11.7 Å². The first-order chi connectivity index (χ1) is 7.23. The molecule has 1 aromatic carbocycles. The van der Waals surface area contributed by atoms with Crippen LogP contribution in [0.4, 0.5) is 13.2 Å². The summed E-state index contributed by atoms with van der Waals surface area (Å²) in [5, 5.41) is 0. The van der Waals surface area contributed by atoms with Crippen molar-refractivity contribution in [1.82, 2.24) is 0 Å². The van der Waals surface area contributed by atoms with Gasteiger partial charge in [-0.3, -0.25) is 4.79 Å². The number of Topliss-reactive ketones (excluding diaryl/α,β-unsaturated/α-hetero) is 1. The summed E-state index contributed by atoms with van der Waals surface area (Å²) in [6.45, 7) is 3.96. The lowest BCUT2D eigenvalue weighted by Crippen LogP contribution is -2.13. The van der Waals surface area contributed by atoms with E-state index in [9.17, 15) is 18.0 Å². The Morgan fingerprint density at radius 1 is 1.31 bits per heavy atom. The highest BCUT2D eigenvalue weighted by Crippen LogP contribution is 2.29. The summed E-state index contributed by atoms with van der Waals surface area (Å²) < 4.78 is 39.1. The van der Waals surface area contributed by atoms with Crippen molar-refractivity contribution < 1.29 is 18.0 Å². The van der Waals surface area contributed by atoms with E-state index in [2.05, 4.69) is 0 Å². The van der Waals surface area contributed by atoms with Gasteiger partial charge in [0.15, 0.2) is 5.78 Å². The number of carbonyl (C=O) groups excluding carboxylic acids is 1. The molecule has 0 N–H and O–H groups in total. The average Bonchev–Trinajstić information content (AvgIpc) is 2.14. The fourth-order valence-electron chi connectivity index (χ4n) is 1.36. The van der Waals surface area contributed by atoms with Crippen molar-refractivity contribution in [2.75, 3.05) is 0 Å². The van der Waals surface area contributed by atoms with Crippen molar-refractivity contribution in [2.24, 2.45) is 5.92 Å². The normalized spacial score (nSPS) is 11.9. The fraction of sp³-hybridized carbons (Fsp3) is 0.417. The molecule has 0 unspecified atom stereocenters. The van der Waals surface area contributed by atoms with Gasteiger partial charge in [0.25, 0.3) is 5.92 Å². The molecule has 16 heavy (non-hydrogen) atoms. The lowest BCUT2D eigenvalue weighted by atomic mass is 9.98. The molecule has 0 radical (unpaired) electrons. The van der Waals surface area contributed by atoms with E-state index in [1.54, 1.807) is 13.8 Å². The van der Waals surface area contributed by atoms with E-state index in [0.29, 0.717) is 6.92 Å². The predicted molar refractivity (Wildman–Crippen MR) is 55.1 cm³/mol. The zero-order chi connectivity index (χ0) is 12.5. The van der Waals surface area contributed by atoms with Gasteiger partial charge in [-0.15, -0.1) is 0 Å². The number of hydrogen-bond acceptors (Lipinski definition) is 1. The van der Waals surface area contributed by atoms with Gasteiger partial charge in [-0.05, 0) is 12.1 Å². The SMILES string of the molecule is CC(C)C(=O)c1ccc(C(C)(F)F)c(F)c1. The Morgan fingerprint density at radius 2 is 1.88 bits per heavy atom. The molecule has 0 fully saturated rings. The summed E-state index contributed by atoms with van der Waals surface area (Å²) >= 11 is 0. The van der Waals surface area contributed by atoms with Crippen LogP contribution >= 0.6 is 0 Å². The second-order valence-electron chi connectivity index (χ2n) is 4.10. The molecule has 1 nitrogen and oxygen atoms in total. The molecule has 0 amide bonds. The zero-order valence-electron chi connectivity index (χ0n) is 9.35. The van der Waals surface area contributed by atoms with Crippen LogP contribution in [0.3, 0.4) is 0 Å². The number of alkyl halides is 2. The second-order valence-corrected chi connectivity index (χ2v) is 4.10. The fourth-order valence-corrected chi connectivity index (χ4v) is 1.36. The molecule has 0 saturated heterocycles. The summed E-state index contributed by atoms with van der Waals surface area (Å²) in [4.78, 5) is 11.5. The Hall–Kier alpha value is -1.32. The first-order valence-electron chi connectivity index (χ1n) is 4.95. The predicted octanol–water partition coefficient (Wildman–Crippen LogP) is 3.78. The Kier molecular flexibility index (Phi) is 3.41. The molecule has 88 valence electrons. The summed E-state index contributed by atoms with van der Waals surface area (Å²) in [6, 6.07) is 3.07. The van der Waals surface area contributed by atoms with Gasteiger partial charge in [0.1, 0.15) is 5.82 Å². The smallest absolute Gasteiger partial charge is 0.273 e. The highest BCUT2D eigenvalue weighted by molar-refractivity contribution is 5.97. The molecular formula is C12H13F3O. The monoisotopic (exact) mass is 230 g/mol. The van der Waals surface area contributed by atoms with Crippen LogP contribution in [0.1, 0.15) is 36.7 Å². The molecule has 1 aromatic rings. The van der Waals surface area contributed by atoms with Gasteiger partial charge in [0.05, 0.1) is 5.56 Å². The van der Waals surface area contributed by atoms with Gasteiger partial charge in [0.2, 0.25) is 0 Å². The number of rotatable bonds is 3. The van der Waals surface area contributed by atoms with E-state index in [1.807, 2.05) is 0 Å². The molecule has 0 heterocycles. The largest absolute Gasteiger partial charge is 0.294 e. The quantitative estimate of drug-likeness (QED) is 0.722. The molecule has 4 heteroatoms. The number of benzene rings is 1. The molecule has 0 aliphatic carbocycles. The van der Waals surface area contributed by atoms with Gasteiger partial charge in [-0.25, -0.2) is 13.2 Å².